The lowest BCUT2D eigenvalue weighted by Crippen LogP contribution is -2.52. The molecule has 0 aromatic carbocycles. The molecule has 0 bridgehead atoms. The Kier molecular flexibility index (Phi) is 4.16. The molecule has 1 rings (SSSR count). The Labute approximate surface area is 84.4 Å². The van der Waals surface area contributed by atoms with Crippen molar-refractivity contribution in [2.75, 3.05) is 34.4 Å². The predicted octanol–water partition coefficient (Wildman–Crippen LogP) is 0.0615. The fraction of sp³-hybridized carbons (Fsp3) is 0.889. The molecule has 1 aliphatic heterocycles. The van der Waals surface area contributed by atoms with Crippen LogP contribution in [0.5, 0.6) is 0 Å². The van der Waals surface area contributed by atoms with Gasteiger partial charge in [0.25, 0.3) is 0 Å². The predicted molar refractivity (Wildman–Crippen MR) is 52.2 cm³/mol. The first kappa shape index (κ1) is 11.3. The molecule has 0 unspecified atom stereocenters. The molecular formula is C9H18N2O3. The van der Waals surface area contributed by atoms with E-state index in [2.05, 4.69) is 5.32 Å². The topological polar surface area (TPSA) is 50.8 Å². The van der Waals surface area contributed by atoms with Crippen LogP contribution in [0.1, 0.15) is 6.42 Å². The fourth-order valence-electron chi connectivity index (χ4n) is 1.42. The third-order valence-corrected chi connectivity index (χ3v) is 2.31. The highest BCUT2D eigenvalue weighted by Crippen LogP contribution is 2.10. The molecule has 1 heterocycles. The summed E-state index contributed by atoms with van der Waals surface area (Å²) < 4.78 is 10.6. The molecule has 1 aliphatic rings. The van der Waals surface area contributed by atoms with Gasteiger partial charge in [-0.25, -0.2) is 4.79 Å². The van der Waals surface area contributed by atoms with Gasteiger partial charge in [-0.05, 0) is 6.42 Å². The molecule has 0 radical (unpaired) electrons. The molecule has 1 N–H and O–H groups in total. The molecule has 2 atom stereocenters. The Morgan fingerprint density at radius 1 is 1.57 bits per heavy atom. The monoisotopic (exact) mass is 202 g/mol. The molecule has 0 aromatic heterocycles. The number of amides is 2. The molecule has 1 fully saturated rings. The second-order valence-electron chi connectivity index (χ2n) is 3.59. The van der Waals surface area contributed by atoms with Crippen LogP contribution in [0.3, 0.4) is 0 Å². The minimum Gasteiger partial charge on any atom is -0.379 e. The van der Waals surface area contributed by atoms with Crippen LogP contribution in [0.4, 0.5) is 4.79 Å². The molecule has 2 amide bonds. The van der Waals surface area contributed by atoms with E-state index in [1.54, 1.807) is 21.2 Å². The Hall–Kier alpha value is -0.810. The highest BCUT2D eigenvalue weighted by molar-refractivity contribution is 5.73. The van der Waals surface area contributed by atoms with Crippen molar-refractivity contribution in [1.29, 1.82) is 0 Å². The number of methoxy groups -OCH3 is 1. The first-order valence-electron chi connectivity index (χ1n) is 4.73. The smallest absolute Gasteiger partial charge is 0.317 e. The molecule has 14 heavy (non-hydrogen) atoms. The number of hydrogen-bond donors (Lipinski definition) is 1. The normalized spacial score (nSPS) is 27.1. The van der Waals surface area contributed by atoms with Crippen molar-refractivity contribution in [3.05, 3.63) is 0 Å². The third kappa shape index (κ3) is 2.85. The minimum atomic E-state index is -0.109. The average Bonchev–Trinajstić information content (AvgIpc) is 2.18. The van der Waals surface area contributed by atoms with Crippen LogP contribution < -0.4 is 5.32 Å². The van der Waals surface area contributed by atoms with Gasteiger partial charge in [0.15, 0.2) is 0 Å². The molecule has 0 saturated carbocycles. The number of hydrogen-bond acceptors (Lipinski definition) is 3. The molecular weight excluding hydrogens is 184 g/mol. The molecule has 0 spiro atoms. The Morgan fingerprint density at radius 2 is 2.29 bits per heavy atom. The van der Waals surface area contributed by atoms with Crippen molar-refractivity contribution >= 4 is 6.03 Å². The van der Waals surface area contributed by atoms with Gasteiger partial charge in [-0.2, -0.15) is 0 Å². The Balaban J connectivity index is 2.44. The maximum atomic E-state index is 11.4. The molecule has 1 saturated heterocycles. The largest absolute Gasteiger partial charge is 0.379 e. The summed E-state index contributed by atoms with van der Waals surface area (Å²) in [7, 11) is 5.08. The van der Waals surface area contributed by atoms with Gasteiger partial charge in [0.2, 0.25) is 0 Å². The summed E-state index contributed by atoms with van der Waals surface area (Å²) in [4.78, 5) is 12.9. The van der Waals surface area contributed by atoms with Crippen LogP contribution in [0.25, 0.3) is 0 Å². The van der Waals surface area contributed by atoms with Crippen LogP contribution in [0.2, 0.25) is 0 Å². The van der Waals surface area contributed by atoms with Gasteiger partial charge in [-0.3, -0.25) is 0 Å². The number of rotatable bonds is 2. The van der Waals surface area contributed by atoms with E-state index < -0.39 is 0 Å². The van der Waals surface area contributed by atoms with E-state index in [4.69, 9.17) is 9.47 Å². The van der Waals surface area contributed by atoms with E-state index in [9.17, 15) is 4.79 Å². The highest BCUT2D eigenvalue weighted by Gasteiger charge is 2.27. The molecule has 5 heteroatoms. The Morgan fingerprint density at radius 3 is 2.86 bits per heavy atom. The summed E-state index contributed by atoms with van der Waals surface area (Å²) >= 11 is 0. The summed E-state index contributed by atoms with van der Waals surface area (Å²) in [6, 6.07) is -0.147. The highest BCUT2D eigenvalue weighted by atomic mass is 16.5. The number of carbonyl (C=O) groups excluding carboxylic acids is 1. The van der Waals surface area contributed by atoms with Gasteiger partial charge < -0.3 is 19.7 Å². The standard InChI is InChI=1S/C9H18N2O3/c1-11(2)9(12)10-7-6-14-5-4-8(7)13-3/h7-8H,4-6H2,1-3H3,(H,10,12)/t7-,8-/m1/s1. The first-order valence-corrected chi connectivity index (χ1v) is 4.73. The van der Waals surface area contributed by atoms with Crippen molar-refractivity contribution in [2.45, 2.75) is 18.6 Å². The minimum absolute atomic E-state index is 0.0383. The van der Waals surface area contributed by atoms with Crippen molar-refractivity contribution in [2.24, 2.45) is 0 Å². The van der Waals surface area contributed by atoms with E-state index in [0.717, 1.165) is 6.42 Å². The van der Waals surface area contributed by atoms with Gasteiger partial charge >= 0.3 is 6.03 Å². The zero-order chi connectivity index (χ0) is 10.6. The lowest BCUT2D eigenvalue weighted by Gasteiger charge is -2.31. The summed E-state index contributed by atoms with van der Waals surface area (Å²) in [6.45, 7) is 1.23. The van der Waals surface area contributed by atoms with Gasteiger partial charge in [0.05, 0.1) is 18.8 Å². The second-order valence-corrected chi connectivity index (χ2v) is 3.59. The summed E-state index contributed by atoms with van der Waals surface area (Å²) in [5.74, 6) is 0. The molecule has 0 aliphatic carbocycles. The molecule has 0 aromatic rings. The van der Waals surface area contributed by atoms with E-state index >= 15 is 0 Å². The van der Waals surface area contributed by atoms with Crippen LogP contribution >= 0.6 is 0 Å². The zero-order valence-corrected chi connectivity index (χ0v) is 8.95. The van der Waals surface area contributed by atoms with Crippen LogP contribution in [0.15, 0.2) is 0 Å². The third-order valence-electron chi connectivity index (χ3n) is 2.31. The van der Waals surface area contributed by atoms with E-state index in [1.807, 2.05) is 0 Å². The lowest BCUT2D eigenvalue weighted by molar-refractivity contribution is -0.0342. The quantitative estimate of drug-likeness (QED) is 0.689. The fourth-order valence-corrected chi connectivity index (χ4v) is 1.42. The number of nitrogens with one attached hydrogen (secondary N) is 1. The van der Waals surface area contributed by atoms with Crippen LogP contribution in [0, 0.1) is 0 Å². The summed E-state index contributed by atoms with van der Waals surface area (Å²) in [5.41, 5.74) is 0. The SMILES string of the molecule is CO[C@@H]1CCOC[C@H]1NC(=O)N(C)C. The molecule has 5 nitrogen and oxygen atoms in total. The lowest BCUT2D eigenvalue weighted by atomic mass is 10.1. The number of carbonyl (C=O) groups is 1. The van der Waals surface area contributed by atoms with E-state index in [1.165, 1.54) is 4.90 Å². The van der Waals surface area contributed by atoms with Gasteiger partial charge in [-0.15, -0.1) is 0 Å². The maximum Gasteiger partial charge on any atom is 0.317 e. The number of nitrogens with zero attached hydrogens (tertiary/aromatic N) is 1. The van der Waals surface area contributed by atoms with Gasteiger partial charge in [0.1, 0.15) is 0 Å². The van der Waals surface area contributed by atoms with E-state index in [-0.39, 0.29) is 18.2 Å². The molecule has 82 valence electrons. The average molecular weight is 202 g/mol. The number of urea groups is 1. The van der Waals surface area contributed by atoms with Crippen molar-refractivity contribution < 1.29 is 14.3 Å². The van der Waals surface area contributed by atoms with Crippen LogP contribution in [-0.2, 0) is 9.47 Å². The number of ether oxygens (including phenoxy) is 2. The van der Waals surface area contributed by atoms with Crippen molar-refractivity contribution in [1.82, 2.24) is 10.2 Å². The maximum absolute atomic E-state index is 11.4. The summed E-state index contributed by atoms with van der Waals surface area (Å²) in [6.07, 6.45) is 0.891. The summed E-state index contributed by atoms with van der Waals surface area (Å²) in [5, 5.41) is 2.86. The second kappa shape index (κ2) is 5.17. The van der Waals surface area contributed by atoms with E-state index in [0.29, 0.717) is 13.2 Å². The van der Waals surface area contributed by atoms with Crippen molar-refractivity contribution in [3.8, 4) is 0 Å². The van der Waals surface area contributed by atoms with Crippen LogP contribution in [-0.4, -0.2) is 57.5 Å². The first-order chi connectivity index (χ1) is 6.65. The van der Waals surface area contributed by atoms with Crippen molar-refractivity contribution in [3.63, 3.8) is 0 Å². The van der Waals surface area contributed by atoms with Gasteiger partial charge in [0, 0.05) is 27.8 Å². The zero-order valence-electron chi connectivity index (χ0n) is 8.95. The Bertz CT molecular complexity index is 196. The van der Waals surface area contributed by atoms with Gasteiger partial charge in [-0.1, -0.05) is 0 Å².